The lowest BCUT2D eigenvalue weighted by molar-refractivity contribution is -0.145. The van der Waals surface area contributed by atoms with E-state index >= 15 is 0 Å². The van der Waals surface area contributed by atoms with Gasteiger partial charge in [0.1, 0.15) is 5.75 Å². The van der Waals surface area contributed by atoms with Crippen LogP contribution in [0.4, 0.5) is 0 Å². The van der Waals surface area contributed by atoms with Crippen molar-refractivity contribution in [3.63, 3.8) is 0 Å². The average Bonchev–Trinajstić information content (AvgIpc) is 3.04. The molecule has 1 unspecified atom stereocenters. The van der Waals surface area contributed by atoms with E-state index in [1.807, 2.05) is 0 Å². The van der Waals surface area contributed by atoms with Crippen LogP contribution >= 0.6 is 0 Å². The fourth-order valence-electron chi connectivity index (χ4n) is 5.98. The third-order valence-corrected chi connectivity index (χ3v) is 8.49. The molecule has 11 nitrogen and oxygen atoms in total. The third kappa shape index (κ3) is 13.2. The molecule has 0 radical (unpaired) electrons. The van der Waals surface area contributed by atoms with E-state index in [0.717, 1.165) is 77.5 Å². The predicted octanol–water partition coefficient (Wildman–Crippen LogP) is 3.03. The summed E-state index contributed by atoms with van der Waals surface area (Å²) in [6.07, 6.45) is 8.17. The third-order valence-electron chi connectivity index (χ3n) is 8.49. The van der Waals surface area contributed by atoms with Gasteiger partial charge >= 0.3 is 11.9 Å². The molecule has 0 spiro atoms. The Balaban J connectivity index is 1.59. The Kier molecular flexibility index (Phi) is 16.0. The number of hydrogen-bond acceptors (Lipinski definition) is 9. The van der Waals surface area contributed by atoms with Crippen molar-refractivity contribution in [3.05, 3.63) is 29.8 Å². The number of amides is 2. The minimum atomic E-state index is -0.708. The van der Waals surface area contributed by atoms with Crippen molar-refractivity contribution >= 4 is 23.8 Å². The molecule has 4 N–H and O–H groups in total. The van der Waals surface area contributed by atoms with Crippen LogP contribution in [0.25, 0.3) is 0 Å². The minimum absolute atomic E-state index is 0.0840. The summed E-state index contributed by atoms with van der Waals surface area (Å²) in [7, 11) is 0. The maximum Gasteiger partial charge on any atom is 0.344 e. The zero-order chi connectivity index (χ0) is 31.6. The molecule has 1 aromatic carbocycles. The highest BCUT2D eigenvalue weighted by atomic mass is 16.6. The van der Waals surface area contributed by atoms with Gasteiger partial charge in [0.25, 0.3) is 0 Å². The van der Waals surface area contributed by atoms with Gasteiger partial charge < -0.3 is 35.5 Å². The van der Waals surface area contributed by atoms with E-state index in [1.54, 1.807) is 38.1 Å². The first-order valence-electron chi connectivity index (χ1n) is 16.4. The lowest BCUT2D eigenvalue weighted by Crippen LogP contribution is -2.41. The number of carbonyl (C=O) groups excluding carboxylic acids is 4. The van der Waals surface area contributed by atoms with Crippen LogP contribution in [0.1, 0.15) is 83.2 Å². The number of benzene rings is 1. The number of rotatable bonds is 18. The van der Waals surface area contributed by atoms with Crippen molar-refractivity contribution in [2.75, 3.05) is 52.5 Å². The summed E-state index contributed by atoms with van der Waals surface area (Å²) in [4.78, 5) is 50.6. The van der Waals surface area contributed by atoms with Crippen LogP contribution in [0.15, 0.2) is 24.3 Å². The number of hydrogen-bond donors (Lipinski definition) is 4. The molecule has 1 aromatic rings. The van der Waals surface area contributed by atoms with E-state index in [-0.39, 0.29) is 44.6 Å². The summed E-state index contributed by atoms with van der Waals surface area (Å²) in [5.74, 6) is 0.0999. The second kappa shape index (κ2) is 20.0. The van der Waals surface area contributed by atoms with Gasteiger partial charge in [-0.25, -0.2) is 4.79 Å². The molecule has 0 bridgehead atoms. The summed E-state index contributed by atoms with van der Waals surface area (Å²) in [5, 5.41) is 12.6. The standard InChI is InChI=1S/C33H52N4O7/c1-3-42-31(39)21-29(27-6-5-7-28(20-27)44-23-32(40)43-4-2)37-30(38)22-36-33(41)26(10-8-24-12-16-34-17-13-24)11-9-25-14-18-35-19-15-25/h5-7,20,24-26,29,34-35H,3-4,8-19,21-23H2,1-2H3,(H,36,41)(H,37,38). The molecule has 0 aliphatic carbocycles. The van der Waals surface area contributed by atoms with Crippen LogP contribution in [0.2, 0.25) is 0 Å². The highest BCUT2D eigenvalue weighted by Crippen LogP contribution is 2.27. The number of esters is 2. The van der Waals surface area contributed by atoms with E-state index < -0.39 is 23.9 Å². The quantitative estimate of drug-likeness (QED) is 0.183. The lowest BCUT2D eigenvalue weighted by Gasteiger charge is -2.27. The van der Waals surface area contributed by atoms with Crippen LogP contribution in [0, 0.1) is 17.8 Å². The summed E-state index contributed by atoms with van der Waals surface area (Å²) in [6.45, 7) is 7.59. The van der Waals surface area contributed by atoms with Crippen LogP contribution in [0.3, 0.4) is 0 Å². The molecule has 2 saturated heterocycles. The topological polar surface area (TPSA) is 144 Å². The first-order chi connectivity index (χ1) is 21.4. The zero-order valence-corrected chi connectivity index (χ0v) is 26.5. The van der Waals surface area contributed by atoms with E-state index in [2.05, 4.69) is 21.3 Å². The van der Waals surface area contributed by atoms with E-state index in [1.165, 1.54) is 0 Å². The van der Waals surface area contributed by atoms with Crippen LogP contribution in [0.5, 0.6) is 5.75 Å². The van der Waals surface area contributed by atoms with E-state index in [0.29, 0.717) is 23.1 Å². The van der Waals surface area contributed by atoms with Crippen molar-refractivity contribution in [2.45, 2.75) is 77.7 Å². The smallest absolute Gasteiger partial charge is 0.344 e. The van der Waals surface area contributed by atoms with Gasteiger partial charge in [-0.1, -0.05) is 12.1 Å². The number of piperidine rings is 2. The molecule has 2 aliphatic heterocycles. The number of ether oxygens (including phenoxy) is 3. The first-order valence-corrected chi connectivity index (χ1v) is 16.4. The Hall–Kier alpha value is -3.18. The number of nitrogens with one attached hydrogen (secondary N) is 4. The molecule has 2 amide bonds. The molecule has 2 fully saturated rings. The predicted molar refractivity (Wildman–Crippen MR) is 167 cm³/mol. The molecular weight excluding hydrogens is 564 g/mol. The van der Waals surface area contributed by atoms with Gasteiger partial charge in [-0.05, 0) is 121 Å². The molecule has 2 aliphatic rings. The fraction of sp³-hybridized carbons (Fsp3) is 0.697. The van der Waals surface area contributed by atoms with E-state index in [4.69, 9.17) is 14.2 Å². The Morgan fingerprint density at radius 1 is 0.864 bits per heavy atom. The van der Waals surface area contributed by atoms with Crippen molar-refractivity contribution in [1.82, 2.24) is 21.3 Å². The maximum atomic E-state index is 13.4. The Labute approximate surface area is 261 Å². The summed E-state index contributed by atoms with van der Waals surface area (Å²) in [5.41, 5.74) is 0.612. The monoisotopic (exact) mass is 616 g/mol. The second-order valence-electron chi connectivity index (χ2n) is 11.8. The van der Waals surface area contributed by atoms with Gasteiger partial charge in [0.05, 0.1) is 32.2 Å². The molecule has 0 saturated carbocycles. The fourth-order valence-corrected chi connectivity index (χ4v) is 5.98. The molecule has 44 heavy (non-hydrogen) atoms. The molecule has 246 valence electrons. The highest BCUT2D eigenvalue weighted by Gasteiger charge is 2.25. The van der Waals surface area contributed by atoms with Gasteiger partial charge in [0, 0.05) is 5.92 Å². The summed E-state index contributed by atoms with van der Waals surface area (Å²) >= 11 is 0. The average molecular weight is 617 g/mol. The molecular formula is C33H52N4O7. The molecule has 3 rings (SSSR count). The Bertz CT molecular complexity index is 1020. The van der Waals surface area contributed by atoms with Gasteiger partial charge in [0.2, 0.25) is 11.8 Å². The van der Waals surface area contributed by atoms with Crippen molar-refractivity contribution in [2.24, 2.45) is 17.8 Å². The summed E-state index contributed by atoms with van der Waals surface area (Å²) < 4.78 is 15.6. The van der Waals surface area contributed by atoms with Crippen molar-refractivity contribution in [1.29, 1.82) is 0 Å². The Morgan fingerprint density at radius 2 is 1.45 bits per heavy atom. The van der Waals surface area contributed by atoms with E-state index in [9.17, 15) is 19.2 Å². The van der Waals surface area contributed by atoms with Crippen molar-refractivity contribution < 1.29 is 33.4 Å². The van der Waals surface area contributed by atoms with Gasteiger partial charge in [-0.3, -0.25) is 14.4 Å². The van der Waals surface area contributed by atoms with Crippen LogP contribution < -0.4 is 26.0 Å². The van der Waals surface area contributed by atoms with Crippen molar-refractivity contribution in [3.8, 4) is 5.75 Å². The largest absolute Gasteiger partial charge is 0.482 e. The molecule has 1 atom stereocenters. The maximum absolute atomic E-state index is 13.4. The second-order valence-corrected chi connectivity index (χ2v) is 11.8. The molecule has 0 aromatic heterocycles. The SMILES string of the molecule is CCOC(=O)COc1cccc(C(CC(=O)OCC)NC(=O)CNC(=O)C(CCC2CCNCC2)CCC2CCNCC2)c1. The van der Waals surface area contributed by atoms with Gasteiger partial charge in [0.15, 0.2) is 6.61 Å². The molecule has 11 heteroatoms. The highest BCUT2D eigenvalue weighted by molar-refractivity contribution is 5.86. The Morgan fingerprint density at radius 3 is 2.05 bits per heavy atom. The van der Waals surface area contributed by atoms with Gasteiger partial charge in [-0.2, -0.15) is 0 Å². The zero-order valence-electron chi connectivity index (χ0n) is 26.5. The first kappa shape index (κ1) is 35.3. The number of carbonyl (C=O) groups is 4. The van der Waals surface area contributed by atoms with Crippen LogP contribution in [-0.4, -0.2) is 76.3 Å². The lowest BCUT2D eigenvalue weighted by atomic mass is 9.84. The normalized spacial score (nSPS) is 16.6. The summed E-state index contributed by atoms with van der Waals surface area (Å²) in [6, 6.07) is 6.12. The molecule has 2 heterocycles. The van der Waals surface area contributed by atoms with Gasteiger partial charge in [-0.15, -0.1) is 0 Å². The minimum Gasteiger partial charge on any atom is -0.482 e. The van der Waals surface area contributed by atoms with Crippen LogP contribution in [-0.2, 0) is 28.7 Å².